The molecule has 2 amide bonds. The van der Waals surface area contributed by atoms with E-state index in [0.717, 1.165) is 10.9 Å². The summed E-state index contributed by atoms with van der Waals surface area (Å²) in [5.74, 6) is -0.515. The maximum Gasteiger partial charge on any atom is 0.229 e. The molecule has 1 aromatic heterocycles. The third-order valence-electron chi connectivity index (χ3n) is 3.24. The molecule has 0 aliphatic carbocycles. The molecule has 2 heterocycles. The van der Waals surface area contributed by atoms with Crippen molar-refractivity contribution in [3.05, 3.63) is 36.5 Å². The molecular formula is C14H13N3O2. The highest BCUT2D eigenvalue weighted by molar-refractivity contribution is 6.02. The molecule has 1 fully saturated rings. The van der Waals surface area contributed by atoms with Crippen molar-refractivity contribution in [2.45, 2.75) is 6.42 Å². The maximum absolute atomic E-state index is 12.1. The molecule has 0 radical (unpaired) electrons. The van der Waals surface area contributed by atoms with Gasteiger partial charge in [0.1, 0.15) is 0 Å². The highest BCUT2D eigenvalue weighted by Gasteiger charge is 2.28. The molecule has 3 rings (SSSR count). The predicted octanol–water partition coefficient (Wildman–Crippen LogP) is 1.31. The van der Waals surface area contributed by atoms with Gasteiger partial charge >= 0.3 is 0 Å². The molecule has 96 valence electrons. The Labute approximate surface area is 110 Å². The minimum absolute atomic E-state index is 0.0730. The number of rotatable bonds is 2. The van der Waals surface area contributed by atoms with E-state index in [4.69, 9.17) is 0 Å². The van der Waals surface area contributed by atoms with Crippen LogP contribution in [0.15, 0.2) is 36.5 Å². The van der Waals surface area contributed by atoms with Crippen LogP contribution in [0.1, 0.15) is 6.42 Å². The Morgan fingerprint density at radius 3 is 2.95 bits per heavy atom. The summed E-state index contributed by atoms with van der Waals surface area (Å²) in [6, 6.07) is 9.43. The summed E-state index contributed by atoms with van der Waals surface area (Å²) >= 11 is 0. The van der Waals surface area contributed by atoms with E-state index in [0.29, 0.717) is 12.2 Å². The summed E-state index contributed by atoms with van der Waals surface area (Å²) in [6.07, 6.45) is 1.95. The number of pyridine rings is 1. The number of hydrogen-bond acceptors (Lipinski definition) is 3. The molecule has 2 N–H and O–H groups in total. The average Bonchev–Trinajstić information content (AvgIpc) is 2.86. The molecule has 1 aliphatic heterocycles. The largest absolute Gasteiger partial charge is 0.355 e. The number of amides is 2. The van der Waals surface area contributed by atoms with Gasteiger partial charge in [-0.3, -0.25) is 14.6 Å². The van der Waals surface area contributed by atoms with Gasteiger partial charge in [0.25, 0.3) is 0 Å². The molecule has 1 aliphatic rings. The molecule has 0 bridgehead atoms. The highest BCUT2D eigenvalue weighted by Crippen LogP contribution is 2.22. The first kappa shape index (κ1) is 11.6. The number of para-hydroxylation sites is 1. The van der Waals surface area contributed by atoms with Crippen molar-refractivity contribution in [2.75, 3.05) is 11.9 Å². The molecule has 1 saturated heterocycles. The van der Waals surface area contributed by atoms with Crippen LogP contribution in [0.2, 0.25) is 0 Å². The van der Waals surface area contributed by atoms with Crippen molar-refractivity contribution < 1.29 is 9.59 Å². The topological polar surface area (TPSA) is 71.1 Å². The molecule has 5 nitrogen and oxygen atoms in total. The third-order valence-corrected chi connectivity index (χ3v) is 3.24. The number of anilines is 1. The molecule has 1 aromatic carbocycles. The zero-order valence-corrected chi connectivity index (χ0v) is 10.2. The van der Waals surface area contributed by atoms with E-state index in [1.165, 1.54) is 0 Å². The van der Waals surface area contributed by atoms with Gasteiger partial charge in [-0.25, -0.2) is 0 Å². The van der Waals surface area contributed by atoms with Crippen LogP contribution in [0.4, 0.5) is 5.69 Å². The van der Waals surface area contributed by atoms with Gasteiger partial charge in [0.05, 0.1) is 17.1 Å². The van der Waals surface area contributed by atoms with Gasteiger partial charge in [-0.05, 0) is 12.1 Å². The molecule has 0 saturated carbocycles. The van der Waals surface area contributed by atoms with Gasteiger partial charge in [0.15, 0.2) is 0 Å². The van der Waals surface area contributed by atoms with E-state index >= 15 is 0 Å². The summed E-state index contributed by atoms with van der Waals surface area (Å²) in [7, 11) is 0. The Bertz CT molecular complexity index is 649. The Morgan fingerprint density at radius 2 is 2.16 bits per heavy atom. The number of fused-ring (bicyclic) bond motifs is 1. The number of benzene rings is 1. The molecule has 1 unspecified atom stereocenters. The molecule has 1 atom stereocenters. The van der Waals surface area contributed by atoms with Gasteiger partial charge in [-0.15, -0.1) is 0 Å². The van der Waals surface area contributed by atoms with Crippen LogP contribution in [0.5, 0.6) is 0 Å². The van der Waals surface area contributed by atoms with Gasteiger partial charge < -0.3 is 10.6 Å². The van der Waals surface area contributed by atoms with Crippen molar-refractivity contribution in [3.8, 4) is 0 Å². The van der Waals surface area contributed by atoms with Crippen molar-refractivity contribution in [1.29, 1.82) is 0 Å². The summed E-state index contributed by atoms with van der Waals surface area (Å²) in [4.78, 5) is 27.5. The van der Waals surface area contributed by atoms with E-state index in [-0.39, 0.29) is 24.2 Å². The van der Waals surface area contributed by atoms with Crippen molar-refractivity contribution in [1.82, 2.24) is 10.3 Å². The lowest BCUT2D eigenvalue weighted by Gasteiger charge is -2.10. The lowest BCUT2D eigenvalue weighted by Crippen LogP contribution is -2.24. The maximum atomic E-state index is 12.1. The second kappa shape index (κ2) is 4.68. The molecule has 0 spiro atoms. The van der Waals surface area contributed by atoms with E-state index in [1.54, 1.807) is 6.20 Å². The van der Waals surface area contributed by atoms with Crippen LogP contribution in [0.3, 0.4) is 0 Å². The molecule has 2 aromatic rings. The summed E-state index contributed by atoms with van der Waals surface area (Å²) in [6.45, 7) is 0.406. The predicted molar refractivity (Wildman–Crippen MR) is 71.5 cm³/mol. The Hall–Kier alpha value is -2.43. The number of aromatic nitrogens is 1. The van der Waals surface area contributed by atoms with Crippen molar-refractivity contribution in [2.24, 2.45) is 5.92 Å². The van der Waals surface area contributed by atoms with Crippen molar-refractivity contribution >= 4 is 28.4 Å². The Balaban J connectivity index is 1.85. The van der Waals surface area contributed by atoms with Gasteiger partial charge in [0.2, 0.25) is 11.8 Å². The fraction of sp³-hybridized carbons (Fsp3) is 0.214. The van der Waals surface area contributed by atoms with Crippen molar-refractivity contribution in [3.63, 3.8) is 0 Å². The first-order valence-electron chi connectivity index (χ1n) is 6.15. The minimum Gasteiger partial charge on any atom is -0.355 e. The summed E-state index contributed by atoms with van der Waals surface area (Å²) < 4.78 is 0. The monoisotopic (exact) mass is 255 g/mol. The van der Waals surface area contributed by atoms with E-state index in [9.17, 15) is 9.59 Å². The second-order valence-electron chi connectivity index (χ2n) is 4.58. The SMILES string of the molecule is O=C1CC(C(=O)Nc2cccc3cccnc23)CN1. The van der Waals surface area contributed by atoms with Crippen LogP contribution in [-0.2, 0) is 9.59 Å². The normalized spacial score (nSPS) is 18.3. The zero-order chi connectivity index (χ0) is 13.2. The smallest absolute Gasteiger partial charge is 0.229 e. The first-order valence-corrected chi connectivity index (χ1v) is 6.15. The quantitative estimate of drug-likeness (QED) is 0.850. The van der Waals surface area contributed by atoms with Crippen LogP contribution in [0.25, 0.3) is 10.9 Å². The lowest BCUT2D eigenvalue weighted by atomic mass is 10.1. The second-order valence-corrected chi connectivity index (χ2v) is 4.58. The molecular weight excluding hydrogens is 242 g/mol. The minimum atomic E-state index is -0.300. The Morgan fingerprint density at radius 1 is 1.32 bits per heavy atom. The first-order chi connectivity index (χ1) is 9.24. The number of carbonyl (C=O) groups excluding carboxylic acids is 2. The third kappa shape index (κ3) is 2.27. The fourth-order valence-corrected chi connectivity index (χ4v) is 2.23. The van der Waals surface area contributed by atoms with Crippen LogP contribution in [0, 0.1) is 5.92 Å². The molecule has 5 heteroatoms. The Kier molecular flexibility index (Phi) is 2.87. The number of nitrogens with one attached hydrogen (secondary N) is 2. The fourth-order valence-electron chi connectivity index (χ4n) is 2.23. The number of nitrogens with zero attached hydrogens (tertiary/aromatic N) is 1. The van der Waals surface area contributed by atoms with Crippen LogP contribution >= 0.6 is 0 Å². The van der Waals surface area contributed by atoms with Crippen LogP contribution < -0.4 is 10.6 Å². The van der Waals surface area contributed by atoms with Gasteiger partial charge in [-0.2, -0.15) is 0 Å². The number of carbonyl (C=O) groups is 2. The average molecular weight is 255 g/mol. The zero-order valence-electron chi connectivity index (χ0n) is 10.2. The van der Waals surface area contributed by atoms with E-state index in [1.807, 2.05) is 30.3 Å². The number of hydrogen-bond donors (Lipinski definition) is 2. The summed E-state index contributed by atoms with van der Waals surface area (Å²) in [5, 5.41) is 6.48. The highest BCUT2D eigenvalue weighted by atomic mass is 16.2. The van der Waals surface area contributed by atoms with E-state index < -0.39 is 0 Å². The van der Waals surface area contributed by atoms with Gasteiger partial charge in [-0.1, -0.05) is 18.2 Å². The molecule has 19 heavy (non-hydrogen) atoms. The van der Waals surface area contributed by atoms with Crippen LogP contribution in [-0.4, -0.2) is 23.3 Å². The standard InChI is InChI=1S/C14H13N3O2/c18-12-7-10(8-16-12)14(19)17-11-5-1-3-9-4-2-6-15-13(9)11/h1-6,10H,7-8H2,(H,16,18)(H,17,19). The van der Waals surface area contributed by atoms with E-state index in [2.05, 4.69) is 15.6 Å². The summed E-state index contributed by atoms with van der Waals surface area (Å²) in [5.41, 5.74) is 1.44. The lowest BCUT2D eigenvalue weighted by molar-refractivity contribution is -0.123. The van der Waals surface area contributed by atoms with Gasteiger partial charge in [0, 0.05) is 24.5 Å².